The summed E-state index contributed by atoms with van der Waals surface area (Å²) in [5.74, 6) is -0.837. The Bertz CT molecular complexity index is 665. The van der Waals surface area contributed by atoms with E-state index in [9.17, 15) is 19.7 Å². The average Bonchev–Trinajstić information content (AvgIpc) is 2.56. The molecule has 1 rings (SSSR count). The van der Waals surface area contributed by atoms with Crippen molar-refractivity contribution in [1.82, 2.24) is 9.71 Å². The highest BCUT2D eigenvalue weighted by molar-refractivity contribution is 7.97. The van der Waals surface area contributed by atoms with Gasteiger partial charge in [0.05, 0.1) is 4.92 Å². The van der Waals surface area contributed by atoms with Crippen LogP contribution in [0.3, 0.4) is 0 Å². The molecule has 150 valence electrons. The molecule has 1 atom stereocenters. The molecule has 0 bridgehead atoms. The molecule has 0 saturated heterocycles. The van der Waals surface area contributed by atoms with E-state index in [-0.39, 0.29) is 10.7 Å². The molecule has 0 aromatic carbocycles. The zero-order chi connectivity index (χ0) is 20.4. The lowest BCUT2D eigenvalue weighted by molar-refractivity contribution is -0.388. The number of nitro groups is 1. The molecule has 0 radical (unpaired) electrons. The summed E-state index contributed by atoms with van der Waals surface area (Å²) in [5.41, 5.74) is 4.87. The molecule has 1 heterocycles. The van der Waals surface area contributed by atoms with Crippen LogP contribution in [-0.2, 0) is 14.3 Å². The fourth-order valence-electron chi connectivity index (χ4n) is 1.83. The molecule has 0 saturated carbocycles. The molecule has 10 nitrogen and oxygen atoms in total. The normalized spacial score (nSPS) is 12.3. The summed E-state index contributed by atoms with van der Waals surface area (Å²) >= 11 is 1.07. The number of carbonyl (C=O) groups excluding carboxylic acids is 2. The van der Waals surface area contributed by atoms with Gasteiger partial charge in [-0.2, -0.15) is 0 Å². The molecular weight excluding hydrogens is 376 g/mol. The predicted octanol–water partition coefficient (Wildman–Crippen LogP) is 2.56. The Kier molecular flexibility index (Phi) is 9.12. The van der Waals surface area contributed by atoms with E-state index in [2.05, 4.69) is 14.4 Å². The van der Waals surface area contributed by atoms with Crippen LogP contribution in [0.1, 0.15) is 40.0 Å². The van der Waals surface area contributed by atoms with Crippen molar-refractivity contribution in [3.63, 3.8) is 0 Å². The number of nitrogens with zero attached hydrogens (tertiary/aromatic N) is 2. The number of hydrogen-bond donors (Lipinski definition) is 2. The van der Waals surface area contributed by atoms with E-state index >= 15 is 0 Å². The van der Waals surface area contributed by atoms with Crippen LogP contribution < -0.4 is 10.5 Å². The summed E-state index contributed by atoms with van der Waals surface area (Å²) in [6.45, 7) is 5.50. The Morgan fingerprint density at radius 2 is 2.11 bits per heavy atom. The van der Waals surface area contributed by atoms with Gasteiger partial charge in [0.15, 0.2) is 5.03 Å². The van der Waals surface area contributed by atoms with Crippen LogP contribution in [-0.4, -0.2) is 40.2 Å². The Morgan fingerprint density at radius 3 is 2.74 bits per heavy atom. The predicted molar refractivity (Wildman–Crippen MR) is 98.9 cm³/mol. The second-order valence-electron chi connectivity index (χ2n) is 6.57. The molecule has 0 aliphatic carbocycles. The number of aromatic nitrogens is 1. The minimum atomic E-state index is -1.07. The van der Waals surface area contributed by atoms with Gasteiger partial charge in [0, 0.05) is 18.8 Å². The quantitative estimate of drug-likeness (QED) is 0.158. The summed E-state index contributed by atoms with van der Waals surface area (Å²) in [4.78, 5) is 37.5. The number of unbranched alkanes of at least 4 members (excludes halogenated alkanes) is 1. The van der Waals surface area contributed by atoms with E-state index in [1.165, 1.54) is 18.3 Å². The molecule has 1 aromatic rings. The number of hydrogen-bond acceptors (Lipinski definition) is 10. The Labute approximate surface area is 161 Å². The van der Waals surface area contributed by atoms with Gasteiger partial charge in [-0.05, 0) is 51.6 Å². The van der Waals surface area contributed by atoms with Crippen molar-refractivity contribution in [3.8, 4) is 0 Å². The fourth-order valence-corrected chi connectivity index (χ4v) is 2.57. The number of ether oxygens (including phenoxy) is 2. The van der Waals surface area contributed by atoms with Crippen LogP contribution in [0.4, 0.5) is 10.5 Å². The van der Waals surface area contributed by atoms with Crippen molar-refractivity contribution in [2.24, 2.45) is 5.73 Å². The minimum Gasteiger partial charge on any atom is -0.428 e. The highest BCUT2D eigenvalue weighted by Gasteiger charge is 2.23. The van der Waals surface area contributed by atoms with Crippen LogP contribution in [0.25, 0.3) is 0 Å². The summed E-state index contributed by atoms with van der Waals surface area (Å²) in [7, 11) is 0. The highest BCUT2D eigenvalue weighted by atomic mass is 32.2. The molecular formula is C16H24N4O6S. The summed E-state index contributed by atoms with van der Waals surface area (Å²) in [6, 6.07) is 1.95. The Balaban J connectivity index is 2.23. The molecule has 0 aliphatic heterocycles. The molecule has 0 aliphatic rings. The highest BCUT2D eigenvalue weighted by Crippen LogP contribution is 2.23. The monoisotopic (exact) mass is 400 g/mol. The first-order valence-corrected chi connectivity index (χ1v) is 9.11. The summed E-state index contributed by atoms with van der Waals surface area (Å²) in [6.07, 6.45) is 2.01. The molecule has 0 spiro atoms. The maximum Gasteiger partial charge on any atom is 0.516 e. The van der Waals surface area contributed by atoms with Crippen molar-refractivity contribution in [1.29, 1.82) is 0 Å². The average molecular weight is 400 g/mol. The first-order chi connectivity index (χ1) is 12.6. The van der Waals surface area contributed by atoms with Gasteiger partial charge >= 0.3 is 17.8 Å². The third-order valence-electron chi connectivity index (χ3n) is 3.04. The molecule has 0 unspecified atom stereocenters. The maximum atomic E-state index is 11.7. The van der Waals surface area contributed by atoms with Gasteiger partial charge in [0.1, 0.15) is 11.6 Å². The topological polar surface area (TPSA) is 147 Å². The van der Waals surface area contributed by atoms with Crippen LogP contribution in [0.5, 0.6) is 0 Å². The molecule has 0 amide bonds. The number of nitrogens with one attached hydrogen (secondary N) is 1. The van der Waals surface area contributed by atoms with Gasteiger partial charge < -0.3 is 15.2 Å². The van der Waals surface area contributed by atoms with E-state index in [1.807, 2.05) is 0 Å². The van der Waals surface area contributed by atoms with Crippen molar-refractivity contribution in [3.05, 3.63) is 28.4 Å². The lowest BCUT2D eigenvalue weighted by atomic mass is 10.1. The van der Waals surface area contributed by atoms with Crippen molar-refractivity contribution >= 4 is 29.8 Å². The fraction of sp³-hybridized carbons (Fsp3) is 0.562. The first kappa shape index (κ1) is 22.8. The molecule has 0 fully saturated rings. The van der Waals surface area contributed by atoms with Crippen LogP contribution in [0.15, 0.2) is 23.4 Å². The van der Waals surface area contributed by atoms with Crippen LogP contribution >= 0.6 is 11.9 Å². The summed E-state index contributed by atoms with van der Waals surface area (Å²) < 4.78 is 12.4. The first-order valence-electron chi connectivity index (χ1n) is 8.29. The second-order valence-corrected chi connectivity index (χ2v) is 7.45. The Hall–Kier alpha value is -2.24. The number of rotatable bonds is 9. The van der Waals surface area contributed by atoms with Gasteiger partial charge in [-0.15, -0.1) is 0 Å². The Morgan fingerprint density at radius 1 is 1.41 bits per heavy atom. The largest absolute Gasteiger partial charge is 0.516 e. The van der Waals surface area contributed by atoms with E-state index in [4.69, 9.17) is 10.5 Å². The van der Waals surface area contributed by atoms with E-state index in [0.29, 0.717) is 25.8 Å². The molecule has 1 aromatic heterocycles. The van der Waals surface area contributed by atoms with Gasteiger partial charge in [0.25, 0.3) is 0 Å². The number of esters is 1. The minimum absolute atomic E-state index is 0.0677. The lowest BCUT2D eigenvalue weighted by Gasteiger charge is -2.19. The smallest absolute Gasteiger partial charge is 0.428 e. The van der Waals surface area contributed by atoms with Crippen LogP contribution in [0, 0.1) is 10.1 Å². The number of nitrogens with two attached hydrogens (primary N) is 1. The molecule has 27 heavy (non-hydrogen) atoms. The van der Waals surface area contributed by atoms with Gasteiger partial charge in [0.2, 0.25) is 0 Å². The van der Waals surface area contributed by atoms with Crippen LogP contribution in [0.2, 0.25) is 0 Å². The maximum absolute atomic E-state index is 11.7. The molecule has 11 heteroatoms. The molecule has 3 N–H and O–H groups in total. The van der Waals surface area contributed by atoms with Gasteiger partial charge in [-0.3, -0.25) is 14.8 Å². The number of pyridine rings is 1. The zero-order valence-corrected chi connectivity index (χ0v) is 16.3. The van der Waals surface area contributed by atoms with E-state index in [0.717, 1.165) is 11.9 Å². The van der Waals surface area contributed by atoms with Gasteiger partial charge in [-0.1, -0.05) is 6.42 Å². The van der Waals surface area contributed by atoms with Crippen molar-refractivity contribution in [2.45, 2.75) is 56.7 Å². The second kappa shape index (κ2) is 10.8. The van der Waals surface area contributed by atoms with E-state index in [1.54, 1.807) is 20.8 Å². The lowest BCUT2D eigenvalue weighted by Crippen LogP contribution is -2.35. The SMILES string of the molecule is CC(C)(C)OC(=O)OC(=O)[C@@H](N)CCCCNSc1ncccc1[N+](=O)[O-]. The van der Waals surface area contributed by atoms with Crippen molar-refractivity contribution < 1.29 is 24.0 Å². The summed E-state index contributed by atoms with van der Waals surface area (Å²) in [5, 5.41) is 11.2. The third kappa shape index (κ3) is 9.31. The third-order valence-corrected chi connectivity index (χ3v) is 3.89. The number of carbonyl (C=O) groups is 2. The van der Waals surface area contributed by atoms with Crippen molar-refractivity contribution in [2.75, 3.05) is 6.54 Å². The van der Waals surface area contributed by atoms with E-state index < -0.39 is 28.7 Å². The van der Waals surface area contributed by atoms with Gasteiger partial charge in [-0.25, -0.2) is 14.6 Å². The zero-order valence-electron chi connectivity index (χ0n) is 15.5. The standard InChI is InChI=1S/C16H24N4O6S/c1-16(2,3)26-15(22)25-14(21)11(17)7-4-5-10-19-27-13-12(20(23)24)8-6-9-18-13/h6,8-9,11,19H,4-5,7,10,17H2,1-3H3/t11-/m0/s1.